The zero-order valence-electron chi connectivity index (χ0n) is 14.7. The highest BCUT2D eigenvalue weighted by molar-refractivity contribution is 7.92. The van der Waals surface area contributed by atoms with Gasteiger partial charge in [-0.1, -0.05) is 29.3 Å². The van der Waals surface area contributed by atoms with Gasteiger partial charge in [0, 0.05) is 27.8 Å². The molecule has 0 radical (unpaired) electrons. The minimum atomic E-state index is -0.140. The van der Waals surface area contributed by atoms with Crippen molar-refractivity contribution in [3.63, 3.8) is 0 Å². The molecule has 0 bridgehead atoms. The van der Waals surface area contributed by atoms with E-state index in [1.54, 1.807) is 19.2 Å². The van der Waals surface area contributed by atoms with Gasteiger partial charge in [-0.3, -0.25) is 10.2 Å². The van der Waals surface area contributed by atoms with E-state index < -0.39 is 0 Å². The topological polar surface area (TPSA) is 63.6 Å². The van der Waals surface area contributed by atoms with Gasteiger partial charge < -0.3 is 9.50 Å². The Hall–Kier alpha value is -1.50. The average Bonchev–Trinajstić information content (AvgIpc) is 2.67. The largest absolute Gasteiger partial charge is 0.357 e. The Balaban J connectivity index is 1.78. The van der Waals surface area contributed by atoms with E-state index >= 15 is 0 Å². The second kappa shape index (κ2) is 9.62. The van der Waals surface area contributed by atoms with Crippen molar-refractivity contribution in [2.75, 3.05) is 25.8 Å². The summed E-state index contributed by atoms with van der Waals surface area (Å²) < 4.78 is 7.22. The van der Waals surface area contributed by atoms with Crippen LogP contribution in [0.5, 0.6) is 0 Å². The van der Waals surface area contributed by atoms with Gasteiger partial charge in [0.1, 0.15) is 6.29 Å². The second-order valence-corrected chi connectivity index (χ2v) is 7.72. The molecular weight excluding hydrogens is 405 g/mol. The van der Waals surface area contributed by atoms with E-state index in [9.17, 15) is 0 Å². The monoisotopic (exact) mass is 423 g/mol. The predicted molar refractivity (Wildman–Crippen MR) is 110 cm³/mol. The maximum absolute atomic E-state index is 8.95. The highest BCUT2D eigenvalue weighted by atomic mass is 35.5. The lowest BCUT2D eigenvalue weighted by molar-refractivity contribution is 0.0705. The first-order valence-electron chi connectivity index (χ1n) is 8.23. The van der Waals surface area contributed by atoms with Crippen LogP contribution >= 0.6 is 35.4 Å². The molecule has 0 amide bonds. The van der Waals surface area contributed by atoms with Crippen LogP contribution < -0.4 is 10.6 Å². The molecule has 2 aromatic carbocycles. The number of halogens is 2. The summed E-state index contributed by atoms with van der Waals surface area (Å²) in [5.74, 6) is 0. The Labute approximate surface area is 173 Å². The minimum Gasteiger partial charge on any atom is -0.357 e. The van der Waals surface area contributed by atoms with Crippen molar-refractivity contribution in [2.45, 2.75) is 12.8 Å². The Morgan fingerprint density at radius 3 is 2.59 bits per heavy atom. The van der Waals surface area contributed by atoms with Crippen molar-refractivity contribution in [1.82, 2.24) is 14.5 Å². The molecule has 9 heteroatoms. The molecule has 1 fully saturated rings. The van der Waals surface area contributed by atoms with Crippen LogP contribution in [0.1, 0.15) is 11.1 Å². The number of anilines is 1. The summed E-state index contributed by atoms with van der Waals surface area (Å²) in [7, 11) is 1.64. The highest BCUT2D eigenvalue weighted by Crippen LogP contribution is 2.28. The molecule has 1 saturated heterocycles. The van der Waals surface area contributed by atoms with E-state index in [1.165, 1.54) is 12.2 Å². The van der Waals surface area contributed by atoms with Gasteiger partial charge in [0.05, 0.1) is 44.3 Å². The minimum absolute atomic E-state index is 0.140. The highest BCUT2D eigenvalue weighted by Gasteiger charge is 2.28. The van der Waals surface area contributed by atoms with E-state index in [1.807, 2.05) is 34.6 Å². The Morgan fingerprint density at radius 2 is 1.96 bits per heavy atom. The van der Waals surface area contributed by atoms with Crippen molar-refractivity contribution in [3.8, 4) is 6.07 Å². The van der Waals surface area contributed by atoms with Crippen molar-refractivity contribution < 1.29 is 4.18 Å². The quantitative estimate of drug-likeness (QED) is 0.535. The van der Waals surface area contributed by atoms with Crippen LogP contribution in [0.15, 0.2) is 42.5 Å². The maximum atomic E-state index is 8.95. The lowest BCUT2D eigenvalue weighted by Gasteiger charge is -2.41. The third-order valence-corrected chi connectivity index (χ3v) is 5.40. The van der Waals surface area contributed by atoms with Crippen molar-refractivity contribution >= 4 is 41.1 Å². The Bertz CT molecular complexity index is 794. The number of hydrogen-bond donors (Lipinski definition) is 2. The van der Waals surface area contributed by atoms with Gasteiger partial charge in [-0.25, -0.2) is 0 Å². The zero-order valence-corrected chi connectivity index (χ0v) is 17.0. The van der Waals surface area contributed by atoms with E-state index in [0.29, 0.717) is 35.5 Å². The van der Waals surface area contributed by atoms with Crippen molar-refractivity contribution in [2.24, 2.45) is 0 Å². The molecule has 1 aliphatic rings. The van der Waals surface area contributed by atoms with Gasteiger partial charge >= 0.3 is 0 Å². The van der Waals surface area contributed by atoms with Crippen LogP contribution in [0.4, 0.5) is 5.69 Å². The number of nitrogens with zero attached hydrogens (tertiary/aromatic N) is 3. The molecule has 2 N–H and O–H groups in total. The van der Waals surface area contributed by atoms with Gasteiger partial charge in [0.2, 0.25) is 0 Å². The summed E-state index contributed by atoms with van der Waals surface area (Å²) in [5.41, 5.74) is 2.41. The van der Waals surface area contributed by atoms with Crippen LogP contribution in [0, 0.1) is 11.3 Å². The van der Waals surface area contributed by atoms with E-state index in [0.717, 1.165) is 11.3 Å². The first-order valence-corrected chi connectivity index (χ1v) is 9.69. The fourth-order valence-corrected chi connectivity index (χ4v) is 3.83. The number of benzene rings is 2. The molecule has 2 aromatic rings. The molecule has 1 atom stereocenters. The number of rotatable bonds is 6. The fraction of sp³-hybridized carbons (Fsp3) is 0.278. The van der Waals surface area contributed by atoms with Gasteiger partial charge in [0.25, 0.3) is 0 Å². The SMILES string of the molecule is COSN1CNC(Nc2ccc(C#N)cc2)N(Cc2c(Cl)cccc2Cl)C1. The summed E-state index contributed by atoms with van der Waals surface area (Å²) in [6.45, 7) is 1.83. The molecule has 27 heavy (non-hydrogen) atoms. The summed E-state index contributed by atoms with van der Waals surface area (Å²) in [6, 6.07) is 15.0. The molecule has 0 aromatic heterocycles. The summed E-state index contributed by atoms with van der Waals surface area (Å²) in [4.78, 5) is 2.17. The lowest BCUT2D eigenvalue weighted by atomic mass is 10.2. The molecule has 1 aliphatic heterocycles. The van der Waals surface area contributed by atoms with Gasteiger partial charge in [-0.15, -0.1) is 0 Å². The van der Waals surface area contributed by atoms with Crippen LogP contribution in [0.3, 0.4) is 0 Å². The summed E-state index contributed by atoms with van der Waals surface area (Å²) >= 11 is 14.0. The van der Waals surface area contributed by atoms with E-state index in [4.69, 9.17) is 32.6 Å². The smallest absolute Gasteiger partial charge is 0.137 e. The summed E-state index contributed by atoms with van der Waals surface area (Å²) in [6.07, 6.45) is -0.140. The standard InChI is InChI=1S/C18H19Cl2N5OS/c1-26-27-25-11-22-18(23-14-7-5-13(9-21)6-8-14)24(12-25)10-15-16(19)3-2-4-17(15)20/h2-8,18,22-23H,10-12H2,1H3. The van der Waals surface area contributed by atoms with Crippen molar-refractivity contribution in [1.29, 1.82) is 5.26 Å². The van der Waals surface area contributed by atoms with Gasteiger partial charge in [-0.2, -0.15) is 9.57 Å². The van der Waals surface area contributed by atoms with Gasteiger partial charge in [-0.05, 0) is 36.4 Å². The lowest BCUT2D eigenvalue weighted by Crippen LogP contribution is -2.60. The zero-order chi connectivity index (χ0) is 19.2. The molecule has 0 spiro atoms. The van der Waals surface area contributed by atoms with E-state index in [2.05, 4.69) is 21.6 Å². The second-order valence-electron chi connectivity index (χ2n) is 5.91. The molecule has 1 unspecified atom stereocenters. The Morgan fingerprint density at radius 1 is 1.26 bits per heavy atom. The molecule has 0 saturated carbocycles. The predicted octanol–water partition coefficient (Wildman–Crippen LogP) is 4.09. The fourth-order valence-electron chi connectivity index (χ4n) is 2.78. The molecule has 1 heterocycles. The maximum Gasteiger partial charge on any atom is 0.137 e. The first-order chi connectivity index (χ1) is 13.1. The van der Waals surface area contributed by atoms with Crippen molar-refractivity contribution in [3.05, 3.63) is 63.6 Å². The molecule has 0 aliphatic carbocycles. The normalized spacial score (nSPS) is 18.2. The summed E-state index contributed by atoms with van der Waals surface area (Å²) in [5, 5.41) is 17.1. The van der Waals surface area contributed by atoms with Crippen LogP contribution in [0.2, 0.25) is 10.0 Å². The third kappa shape index (κ3) is 5.27. The number of hydrogen-bond acceptors (Lipinski definition) is 7. The Kier molecular flexibility index (Phi) is 7.21. The molecule has 3 rings (SSSR count). The number of nitriles is 1. The average molecular weight is 424 g/mol. The van der Waals surface area contributed by atoms with Crippen LogP contribution in [0.25, 0.3) is 0 Å². The molecular formula is C18H19Cl2N5OS. The first kappa shape index (κ1) is 20.2. The molecule has 142 valence electrons. The van der Waals surface area contributed by atoms with E-state index in [-0.39, 0.29) is 6.29 Å². The number of nitrogens with one attached hydrogen (secondary N) is 2. The third-order valence-electron chi connectivity index (χ3n) is 4.09. The molecule has 6 nitrogen and oxygen atoms in total. The van der Waals surface area contributed by atoms with Crippen LogP contribution in [-0.4, -0.2) is 35.9 Å². The van der Waals surface area contributed by atoms with Crippen LogP contribution in [-0.2, 0) is 10.7 Å². The van der Waals surface area contributed by atoms with Gasteiger partial charge in [0.15, 0.2) is 0 Å².